The molecule has 0 N–H and O–H groups in total. The summed E-state index contributed by atoms with van der Waals surface area (Å²) < 4.78 is 5.78. The summed E-state index contributed by atoms with van der Waals surface area (Å²) in [5.74, 6) is 0.253. The van der Waals surface area contributed by atoms with E-state index in [4.69, 9.17) is 4.74 Å². The molecule has 0 heterocycles. The summed E-state index contributed by atoms with van der Waals surface area (Å²) >= 11 is 0. The molecule has 0 aliphatic heterocycles. The molecule has 0 bridgehead atoms. The highest BCUT2D eigenvalue weighted by Gasteiger charge is 2.19. The van der Waals surface area contributed by atoms with Crippen LogP contribution in [0.3, 0.4) is 0 Å². The monoisotopic (exact) mass is 509 g/mol. The lowest BCUT2D eigenvalue weighted by Crippen LogP contribution is -2.18. The van der Waals surface area contributed by atoms with Crippen LogP contribution in [-0.4, -0.2) is 12.6 Å². The van der Waals surface area contributed by atoms with E-state index in [-0.39, 0.29) is 11.9 Å². The van der Waals surface area contributed by atoms with E-state index in [2.05, 4.69) is 20.8 Å². The number of carbonyl (C=O) groups is 1. The third-order valence-electron chi connectivity index (χ3n) is 7.89. The van der Waals surface area contributed by atoms with Crippen molar-refractivity contribution in [2.24, 2.45) is 5.92 Å². The van der Waals surface area contributed by atoms with Crippen LogP contribution in [0.25, 0.3) is 0 Å². The molecule has 36 heavy (non-hydrogen) atoms. The van der Waals surface area contributed by atoms with Crippen LogP contribution in [0.5, 0.6) is 0 Å². The van der Waals surface area contributed by atoms with Gasteiger partial charge in [-0.25, -0.2) is 0 Å². The minimum atomic E-state index is 0.106. The van der Waals surface area contributed by atoms with E-state index in [1.165, 1.54) is 161 Å². The summed E-state index contributed by atoms with van der Waals surface area (Å²) in [5.41, 5.74) is 0. The topological polar surface area (TPSA) is 26.3 Å². The van der Waals surface area contributed by atoms with E-state index in [1.807, 2.05) is 0 Å². The van der Waals surface area contributed by atoms with E-state index < -0.39 is 0 Å². The minimum Gasteiger partial charge on any atom is -0.465 e. The van der Waals surface area contributed by atoms with Gasteiger partial charge in [0.25, 0.3) is 0 Å². The summed E-state index contributed by atoms with van der Waals surface area (Å²) in [5, 5.41) is 0. The minimum absolute atomic E-state index is 0.106. The Morgan fingerprint density at radius 3 is 1.03 bits per heavy atom. The van der Waals surface area contributed by atoms with Crippen molar-refractivity contribution in [2.45, 2.75) is 201 Å². The smallest absolute Gasteiger partial charge is 0.308 e. The van der Waals surface area contributed by atoms with Gasteiger partial charge in [0.1, 0.15) is 0 Å². The molecule has 216 valence electrons. The number of unbranched alkanes of at least 4 members (excludes halogenated alkanes) is 23. The number of esters is 1. The Kier molecular flexibility index (Phi) is 30.2. The van der Waals surface area contributed by atoms with Crippen LogP contribution < -0.4 is 0 Å². The van der Waals surface area contributed by atoms with Gasteiger partial charge in [-0.3, -0.25) is 4.79 Å². The van der Waals surface area contributed by atoms with Crippen LogP contribution in [0.15, 0.2) is 0 Å². The Morgan fingerprint density at radius 1 is 0.417 bits per heavy atom. The number of ether oxygens (including phenoxy) is 1. The van der Waals surface area contributed by atoms with Gasteiger partial charge in [0.2, 0.25) is 0 Å². The maximum absolute atomic E-state index is 12.8. The first-order valence-corrected chi connectivity index (χ1v) is 16.9. The largest absolute Gasteiger partial charge is 0.465 e. The molecule has 2 nitrogen and oxygen atoms in total. The van der Waals surface area contributed by atoms with Crippen molar-refractivity contribution in [2.75, 3.05) is 6.61 Å². The molecular weight excluding hydrogens is 440 g/mol. The third-order valence-corrected chi connectivity index (χ3v) is 7.89. The van der Waals surface area contributed by atoms with Crippen molar-refractivity contribution in [3.05, 3.63) is 0 Å². The second-order valence-electron chi connectivity index (χ2n) is 11.6. The van der Waals surface area contributed by atoms with Crippen LogP contribution in [-0.2, 0) is 9.53 Å². The van der Waals surface area contributed by atoms with Gasteiger partial charge >= 0.3 is 5.97 Å². The quantitative estimate of drug-likeness (QED) is 0.0712. The van der Waals surface area contributed by atoms with Gasteiger partial charge in [0, 0.05) is 0 Å². The van der Waals surface area contributed by atoms with Gasteiger partial charge in [-0.05, 0) is 19.3 Å². The van der Waals surface area contributed by atoms with Gasteiger partial charge in [0.05, 0.1) is 12.5 Å². The summed E-state index contributed by atoms with van der Waals surface area (Å²) in [7, 11) is 0. The molecule has 0 spiro atoms. The molecule has 0 rings (SSSR count). The predicted molar refractivity (Wildman–Crippen MR) is 161 cm³/mol. The van der Waals surface area contributed by atoms with Crippen molar-refractivity contribution < 1.29 is 9.53 Å². The van der Waals surface area contributed by atoms with Crippen molar-refractivity contribution >= 4 is 5.97 Å². The Hall–Kier alpha value is -0.530. The number of carbonyl (C=O) groups excluding carboxylic acids is 1. The zero-order valence-corrected chi connectivity index (χ0v) is 25.4. The highest BCUT2D eigenvalue weighted by Crippen LogP contribution is 2.21. The molecule has 0 radical (unpaired) electrons. The van der Waals surface area contributed by atoms with E-state index in [0.29, 0.717) is 6.61 Å². The number of rotatable bonds is 30. The number of hydrogen-bond donors (Lipinski definition) is 0. The van der Waals surface area contributed by atoms with Gasteiger partial charge in [-0.15, -0.1) is 0 Å². The first kappa shape index (κ1) is 35.5. The average molecular weight is 509 g/mol. The second kappa shape index (κ2) is 30.7. The molecular formula is C34H68O2. The molecule has 0 aromatic rings. The summed E-state index contributed by atoms with van der Waals surface area (Å²) in [6.07, 6.45) is 36.7. The van der Waals surface area contributed by atoms with Crippen LogP contribution in [0, 0.1) is 5.92 Å². The molecule has 2 heteroatoms. The molecule has 0 aromatic carbocycles. The van der Waals surface area contributed by atoms with Gasteiger partial charge < -0.3 is 4.74 Å². The Morgan fingerprint density at radius 2 is 0.694 bits per heavy atom. The van der Waals surface area contributed by atoms with E-state index >= 15 is 0 Å². The number of hydrogen-bond acceptors (Lipinski definition) is 2. The van der Waals surface area contributed by atoms with Gasteiger partial charge in [0.15, 0.2) is 0 Å². The fourth-order valence-corrected chi connectivity index (χ4v) is 5.31. The fraction of sp³-hybridized carbons (Fsp3) is 0.971. The standard InChI is InChI=1S/C34H68O2/c1-4-7-10-13-16-18-19-20-21-23-26-29-32-36-34(35)33(30-27-24-15-12-9-6-3)31-28-25-22-17-14-11-8-5-2/h33H,4-32H2,1-3H3. The van der Waals surface area contributed by atoms with Crippen LogP contribution >= 0.6 is 0 Å². The molecule has 0 fully saturated rings. The maximum Gasteiger partial charge on any atom is 0.308 e. The zero-order valence-electron chi connectivity index (χ0n) is 25.4. The Labute approximate surface area is 228 Å². The molecule has 0 aliphatic rings. The molecule has 0 amide bonds. The highest BCUT2D eigenvalue weighted by atomic mass is 16.5. The second-order valence-corrected chi connectivity index (χ2v) is 11.6. The average Bonchev–Trinajstić information content (AvgIpc) is 2.89. The molecule has 0 saturated heterocycles. The zero-order chi connectivity index (χ0) is 26.4. The summed E-state index contributed by atoms with van der Waals surface area (Å²) in [4.78, 5) is 12.8. The van der Waals surface area contributed by atoms with E-state index in [0.717, 1.165) is 19.3 Å². The van der Waals surface area contributed by atoms with Crippen molar-refractivity contribution in [3.8, 4) is 0 Å². The highest BCUT2D eigenvalue weighted by molar-refractivity contribution is 5.72. The lowest BCUT2D eigenvalue weighted by Gasteiger charge is -2.16. The van der Waals surface area contributed by atoms with Gasteiger partial charge in [-0.2, -0.15) is 0 Å². The molecule has 1 unspecified atom stereocenters. The Bertz CT molecular complexity index is 419. The van der Waals surface area contributed by atoms with Crippen molar-refractivity contribution in [3.63, 3.8) is 0 Å². The van der Waals surface area contributed by atoms with Crippen LogP contribution in [0.2, 0.25) is 0 Å². The van der Waals surface area contributed by atoms with Gasteiger partial charge in [-0.1, -0.05) is 181 Å². The predicted octanol–water partition coefficient (Wildman–Crippen LogP) is 12.1. The molecule has 0 saturated carbocycles. The first-order chi connectivity index (χ1) is 17.8. The molecule has 0 aliphatic carbocycles. The third kappa shape index (κ3) is 26.5. The normalized spacial score (nSPS) is 12.2. The first-order valence-electron chi connectivity index (χ1n) is 16.9. The lowest BCUT2D eigenvalue weighted by atomic mass is 9.94. The molecule has 0 aromatic heterocycles. The molecule has 1 atom stereocenters. The van der Waals surface area contributed by atoms with Crippen molar-refractivity contribution in [1.29, 1.82) is 0 Å². The van der Waals surface area contributed by atoms with Crippen LogP contribution in [0.1, 0.15) is 201 Å². The Balaban J connectivity index is 3.91. The van der Waals surface area contributed by atoms with E-state index in [9.17, 15) is 4.79 Å². The van der Waals surface area contributed by atoms with Crippen molar-refractivity contribution in [1.82, 2.24) is 0 Å². The summed E-state index contributed by atoms with van der Waals surface area (Å²) in [6, 6.07) is 0. The maximum atomic E-state index is 12.8. The SMILES string of the molecule is CCCCCCCCCCCCCCOC(=O)C(CCCCCCCC)CCCCCCCCCC. The lowest BCUT2D eigenvalue weighted by molar-refractivity contribution is -0.149. The fourth-order valence-electron chi connectivity index (χ4n) is 5.31. The van der Waals surface area contributed by atoms with E-state index in [1.54, 1.807) is 0 Å². The summed E-state index contributed by atoms with van der Waals surface area (Å²) in [6.45, 7) is 7.47. The van der Waals surface area contributed by atoms with Crippen LogP contribution in [0.4, 0.5) is 0 Å².